The highest BCUT2D eigenvalue weighted by Gasteiger charge is 2.20. The first-order valence-electron chi connectivity index (χ1n) is 4.61. The van der Waals surface area contributed by atoms with Gasteiger partial charge in [0.15, 0.2) is 0 Å². The molecule has 1 saturated carbocycles. The monoisotopic (exact) mass is 219 g/mol. The minimum Gasteiger partial charge on any atom is -0.303 e. The van der Waals surface area contributed by atoms with Crippen LogP contribution >= 0.6 is 15.9 Å². The van der Waals surface area contributed by atoms with Gasteiger partial charge in [0.25, 0.3) is 0 Å². The maximum Gasteiger partial charge on any atom is 0.00922 e. The Morgan fingerprint density at radius 2 is 2.09 bits per heavy atom. The predicted octanol–water partition coefficient (Wildman–Crippen LogP) is 2.65. The second-order valence-electron chi connectivity index (χ2n) is 3.46. The van der Waals surface area contributed by atoms with Crippen LogP contribution in [0, 0.1) is 0 Å². The van der Waals surface area contributed by atoms with Crippen LogP contribution in [0.1, 0.15) is 32.1 Å². The van der Waals surface area contributed by atoms with E-state index in [0.717, 1.165) is 11.4 Å². The quantitative estimate of drug-likeness (QED) is 0.508. The third kappa shape index (κ3) is 3.12. The Hall–Kier alpha value is 0.440. The molecule has 0 amide bonds. The third-order valence-electron chi connectivity index (χ3n) is 2.59. The van der Waals surface area contributed by atoms with E-state index in [4.69, 9.17) is 0 Å². The first kappa shape index (κ1) is 9.53. The van der Waals surface area contributed by atoms with Gasteiger partial charge in [-0.2, -0.15) is 0 Å². The maximum absolute atomic E-state index is 3.45. The smallest absolute Gasteiger partial charge is 0.00922 e. The summed E-state index contributed by atoms with van der Waals surface area (Å²) in [5.41, 5.74) is 0. The minimum atomic E-state index is 0.922. The Balaban J connectivity index is 1.96. The summed E-state index contributed by atoms with van der Waals surface area (Å²) in [6, 6.07) is 0.922. The molecule has 0 aromatic rings. The van der Waals surface area contributed by atoms with Crippen molar-refractivity contribution in [3.05, 3.63) is 0 Å². The molecule has 0 spiro atoms. The largest absolute Gasteiger partial charge is 0.303 e. The van der Waals surface area contributed by atoms with Gasteiger partial charge in [0.05, 0.1) is 0 Å². The van der Waals surface area contributed by atoms with Gasteiger partial charge in [-0.1, -0.05) is 22.4 Å². The summed E-state index contributed by atoms with van der Waals surface area (Å²) in [5, 5.41) is 1.16. The molecule has 0 aliphatic heterocycles. The molecule has 0 aromatic carbocycles. The summed E-state index contributed by atoms with van der Waals surface area (Å²) in [6.45, 7) is 1.29. The summed E-state index contributed by atoms with van der Waals surface area (Å²) in [5.74, 6) is 0. The van der Waals surface area contributed by atoms with E-state index < -0.39 is 0 Å². The lowest BCUT2D eigenvalue weighted by atomic mass is 9.92. The molecule has 2 heteroatoms. The molecule has 1 fully saturated rings. The van der Waals surface area contributed by atoms with E-state index >= 15 is 0 Å². The Kier molecular flexibility index (Phi) is 4.46. The number of halogens is 1. The van der Waals surface area contributed by atoms with Gasteiger partial charge in [-0.15, -0.1) is 0 Å². The van der Waals surface area contributed by atoms with E-state index in [9.17, 15) is 0 Å². The van der Waals surface area contributed by atoms with Gasteiger partial charge in [-0.25, -0.2) is 0 Å². The molecular formula is C9H18BrN. The van der Waals surface area contributed by atoms with Crippen molar-refractivity contribution >= 4 is 15.9 Å². The fraction of sp³-hybridized carbons (Fsp3) is 1.00. The Labute approximate surface area is 78.3 Å². The van der Waals surface area contributed by atoms with Gasteiger partial charge in [-0.05, 0) is 39.3 Å². The van der Waals surface area contributed by atoms with Crippen LogP contribution in [-0.2, 0) is 0 Å². The number of rotatable bonds is 5. The van der Waals surface area contributed by atoms with Gasteiger partial charge < -0.3 is 4.90 Å². The molecule has 1 rings (SSSR count). The lowest BCUT2D eigenvalue weighted by molar-refractivity contribution is 0.158. The Bertz CT molecular complexity index is 102. The summed E-state index contributed by atoms with van der Waals surface area (Å²) < 4.78 is 0. The summed E-state index contributed by atoms with van der Waals surface area (Å²) in [6.07, 6.45) is 6.98. The molecule has 0 radical (unpaired) electrons. The summed E-state index contributed by atoms with van der Waals surface area (Å²) in [4.78, 5) is 2.52. The summed E-state index contributed by atoms with van der Waals surface area (Å²) in [7, 11) is 2.26. The molecule has 1 nitrogen and oxygen atoms in total. The van der Waals surface area contributed by atoms with Crippen LogP contribution in [0.2, 0.25) is 0 Å². The highest BCUT2D eigenvalue weighted by molar-refractivity contribution is 9.09. The molecule has 0 N–H and O–H groups in total. The second kappa shape index (κ2) is 5.15. The molecule has 0 unspecified atom stereocenters. The average molecular weight is 220 g/mol. The van der Waals surface area contributed by atoms with Gasteiger partial charge in [0.1, 0.15) is 0 Å². The van der Waals surface area contributed by atoms with Gasteiger partial charge >= 0.3 is 0 Å². The topological polar surface area (TPSA) is 3.24 Å². The van der Waals surface area contributed by atoms with Crippen LogP contribution in [0.4, 0.5) is 0 Å². The number of nitrogens with zero attached hydrogens (tertiary/aromatic N) is 1. The molecule has 0 atom stereocenters. The van der Waals surface area contributed by atoms with Crippen molar-refractivity contribution in [2.75, 3.05) is 18.9 Å². The molecular weight excluding hydrogens is 202 g/mol. The molecule has 0 saturated heterocycles. The normalized spacial score (nSPS) is 18.8. The number of unbranched alkanes of at least 4 members (excludes halogenated alkanes) is 1. The van der Waals surface area contributed by atoms with Crippen molar-refractivity contribution in [2.45, 2.75) is 38.1 Å². The molecule has 1 aliphatic carbocycles. The van der Waals surface area contributed by atoms with Crippen LogP contribution < -0.4 is 0 Å². The number of alkyl halides is 1. The van der Waals surface area contributed by atoms with Crippen molar-refractivity contribution in [1.29, 1.82) is 0 Å². The first-order chi connectivity index (χ1) is 5.34. The molecule has 0 heterocycles. The van der Waals surface area contributed by atoms with Crippen molar-refractivity contribution in [1.82, 2.24) is 4.90 Å². The van der Waals surface area contributed by atoms with Crippen LogP contribution in [0.25, 0.3) is 0 Å². The van der Waals surface area contributed by atoms with Crippen molar-refractivity contribution in [3.8, 4) is 0 Å². The van der Waals surface area contributed by atoms with E-state index in [1.165, 1.54) is 38.6 Å². The zero-order valence-electron chi connectivity index (χ0n) is 7.35. The van der Waals surface area contributed by atoms with Crippen LogP contribution in [0.3, 0.4) is 0 Å². The van der Waals surface area contributed by atoms with E-state index in [0.29, 0.717) is 0 Å². The van der Waals surface area contributed by atoms with E-state index in [2.05, 4.69) is 27.9 Å². The zero-order chi connectivity index (χ0) is 8.10. The number of hydrogen-bond acceptors (Lipinski definition) is 1. The van der Waals surface area contributed by atoms with Gasteiger partial charge in [-0.3, -0.25) is 0 Å². The highest BCUT2D eigenvalue weighted by Crippen LogP contribution is 2.23. The van der Waals surface area contributed by atoms with Crippen molar-refractivity contribution in [3.63, 3.8) is 0 Å². The third-order valence-corrected chi connectivity index (χ3v) is 3.15. The van der Waals surface area contributed by atoms with E-state index in [1.807, 2.05) is 0 Å². The lowest BCUT2D eigenvalue weighted by Crippen LogP contribution is -2.37. The molecule has 66 valence electrons. The molecule has 0 aromatic heterocycles. The lowest BCUT2D eigenvalue weighted by Gasteiger charge is -2.34. The Morgan fingerprint density at radius 3 is 2.55 bits per heavy atom. The van der Waals surface area contributed by atoms with E-state index in [1.54, 1.807) is 0 Å². The van der Waals surface area contributed by atoms with Crippen LogP contribution in [0.15, 0.2) is 0 Å². The van der Waals surface area contributed by atoms with Crippen molar-refractivity contribution < 1.29 is 0 Å². The van der Waals surface area contributed by atoms with Crippen LogP contribution in [-0.4, -0.2) is 29.9 Å². The predicted molar refractivity (Wildman–Crippen MR) is 53.3 cm³/mol. The standard InChI is InChI=1S/C9H18BrN/c1-11(8-3-2-7-10)9-5-4-6-9/h9H,2-8H2,1H3. The fourth-order valence-corrected chi connectivity index (χ4v) is 1.86. The fourth-order valence-electron chi connectivity index (χ4n) is 1.47. The molecule has 11 heavy (non-hydrogen) atoms. The first-order valence-corrected chi connectivity index (χ1v) is 5.73. The van der Waals surface area contributed by atoms with Crippen LogP contribution in [0.5, 0.6) is 0 Å². The zero-order valence-corrected chi connectivity index (χ0v) is 8.94. The van der Waals surface area contributed by atoms with E-state index in [-0.39, 0.29) is 0 Å². The minimum absolute atomic E-state index is 0.922. The molecule has 0 bridgehead atoms. The van der Waals surface area contributed by atoms with Gasteiger partial charge in [0.2, 0.25) is 0 Å². The maximum atomic E-state index is 3.45. The number of hydrogen-bond donors (Lipinski definition) is 0. The highest BCUT2D eigenvalue weighted by atomic mass is 79.9. The average Bonchev–Trinajstić information content (AvgIpc) is 1.84. The second-order valence-corrected chi connectivity index (χ2v) is 4.25. The van der Waals surface area contributed by atoms with Gasteiger partial charge in [0, 0.05) is 11.4 Å². The van der Waals surface area contributed by atoms with Crippen molar-refractivity contribution in [2.24, 2.45) is 0 Å². The molecule has 1 aliphatic rings. The SMILES string of the molecule is CN(CCCCBr)C1CCC1. The summed E-state index contributed by atoms with van der Waals surface area (Å²) >= 11 is 3.45. The Morgan fingerprint density at radius 1 is 1.36 bits per heavy atom.